The summed E-state index contributed by atoms with van der Waals surface area (Å²) in [5, 5.41) is 2.76. The second-order valence-electron chi connectivity index (χ2n) is 6.59. The standard InChI is InChI=1S/C18H23N3O5S2/c1-11(2)28(23,24)21-8-7-14-16(10-21)27-18(19-14)20-17(22)13-6-5-12(25-3)9-15(13)26-4/h5-6,9,11H,7-8,10H2,1-4H3,(H,19,20,22). The summed E-state index contributed by atoms with van der Waals surface area (Å²) >= 11 is 1.30. The van der Waals surface area contributed by atoms with E-state index in [-0.39, 0.29) is 12.5 Å². The lowest BCUT2D eigenvalue weighted by molar-refractivity contribution is 0.102. The van der Waals surface area contributed by atoms with Crippen molar-refractivity contribution in [2.24, 2.45) is 0 Å². The molecule has 0 spiro atoms. The summed E-state index contributed by atoms with van der Waals surface area (Å²) in [6, 6.07) is 4.94. The lowest BCUT2D eigenvalue weighted by Crippen LogP contribution is -2.39. The summed E-state index contributed by atoms with van der Waals surface area (Å²) in [6.45, 7) is 4.03. The molecule has 2 aromatic rings. The van der Waals surface area contributed by atoms with Crippen molar-refractivity contribution >= 4 is 32.4 Å². The first-order chi connectivity index (χ1) is 13.3. The minimum Gasteiger partial charge on any atom is -0.497 e. The van der Waals surface area contributed by atoms with Crippen molar-refractivity contribution in [2.75, 3.05) is 26.1 Å². The lowest BCUT2D eigenvalue weighted by Gasteiger charge is -2.26. The van der Waals surface area contributed by atoms with Gasteiger partial charge in [0.15, 0.2) is 5.13 Å². The van der Waals surface area contributed by atoms with E-state index in [0.717, 1.165) is 10.6 Å². The molecule has 1 aromatic carbocycles. The van der Waals surface area contributed by atoms with Gasteiger partial charge in [0.25, 0.3) is 5.91 Å². The molecule has 0 aliphatic carbocycles. The first-order valence-electron chi connectivity index (χ1n) is 8.77. The number of nitrogens with one attached hydrogen (secondary N) is 1. The van der Waals surface area contributed by atoms with Crippen LogP contribution in [0.3, 0.4) is 0 Å². The number of carbonyl (C=O) groups is 1. The van der Waals surface area contributed by atoms with Crippen molar-refractivity contribution in [3.05, 3.63) is 34.3 Å². The summed E-state index contributed by atoms with van der Waals surface area (Å²) in [6.07, 6.45) is 0.527. The Balaban J connectivity index is 1.78. The van der Waals surface area contributed by atoms with Crippen LogP contribution in [-0.2, 0) is 23.0 Å². The van der Waals surface area contributed by atoms with Gasteiger partial charge in [0.2, 0.25) is 10.0 Å². The van der Waals surface area contributed by atoms with Crippen LogP contribution in [0.1, 0.15) is 34.8 Å². The zero-order valence-electron chi connectivity index (χ0n) is 16.2. The maximum atomic E-state index is 12.6. The number of hydrogen-bond donors (Lipinski definition) is 1. The molecule has 152 valence electrons. The predicted molar refractivity (Wildman–Crippen MR) is 108 cm³/mol. The van der Waals surface area contributed by atoms with E-state index in [1.165, 1.54) is 29.9 Å². The van der Waals surface area contributed by atoms with Gasteiger partial charge in [-0.3, -0.25) is 10.1 Å². The van der Waals surface area contributed by atoms with Crippen LogP contribution in [0.25, 0.3) is 0 Å². The number of thiazole rings is 1. The molecular weight excluding hydrogens is 402 g/mol. The molecule has 0 saturated carbocycles. The van der Waals surface area contributed by atoms with E-state index in [4.69, 9.17) is 9.47 Å². The quantitative estimate of drug-likeness (QED) is 0.764. The molecule has 10 heteroatoms. The molecule has 2 heterocycles. The van der Waals surface area contributed by atoms with Crippen LogP contribution in [0.5, 0.6) is 11.5 Å². The van der Waals surface area contributed by atoms with E-state index < -0.39 is 15.3 Å². The number of carbonyl (C=O) groups excluding carboxylic acids is 1. The molecule has 1 aromatic heterocycles. The van der Waals surface area contributed by atoms with Crippen LogP contribution >= 0.6 is 11.3 Å². The Kier molecular flexibility index (Phi) is 5.92. The molecule has 1 aliphatic heterocycles. The van der Waals surface area contributed by atoms with Gasteiger partial charge in [-0.05, 0) is 26.0 Å². The summed E-state index contributed by atoms with van der Waals surface area (Å²) in [5.41, 5.74) is 1.19. The number of methoxy groups -OCH3 is 2. The van der Waals surface area contributed by atoms with E-state index in [9.17, 15) is 13.2 Å². The molecule has 8 nitrogen and oxygen atoms in total. The third-order valence-electron chi connectivity index (χ3n) is 4.53. The highest BCUT2D eigenvalue weighted by Gasteiger charge is 2.31. The molecule has 0 bridgehead atoms. The molecular formula is C18H23N3O5S2. The number of benzene rings is 1. The number of nitrogens with zero attached hydrogens (tertiary/aromatic N) is 2. The summed E-state index contributed by atoms with van der Waals surface area (Å²) in [7, 11) is -0.296. The van der Waals surface area contributed by atoms with Crippen LogP contribution in [0.4, 0.5) is 5.13 Å². The zero-order valence-corrected chi connectivity index (χ0v) is 17.8. The Bertz CT molecular complexity index is 985. The maximum Gasteiger partial charge on any atom is 0.261 e. The Labute approximate surface area is 168 Å². The minimum atomic E-state index is -3.32. The van der Waals surface area contributed by atoms with Gasteiger partial charge in [0, 0.05) is 30.5 Å². The molecule has 3 rings (SSSR count). The van der Waals surface area contributed by atoms with Crippen LogP contribution in [0, 0.1) is 0 Å². The van der Waals surface area contributed by atoms with Gasteiger partial charge in [-0.15, -0.1) is 11.3 Å². The molecule has 0 saturated heterocycles. The van der Waals surface area contributed by atoms with E-state index in [1.807, 2.05) is 0 Å². The highest BCUT2D eigenvalue weighted by atomic mass is 32.2. The normalized spacial score (nSPS) is 14.6. The van der Waals surface area contributed by atoms with Gasteiger partial charge >= 0.3 is 0 Å². The van der Waals surface area contributed by atoms with Crippen molar-refractivity contribution in [1.29, 1.82) is 0 Å². The van der Waals surface area contributed by atoms with Gasteiger partial charge in [-0.25, -0.2) is 13.4 Å². The molecule has 1 amide bonds. The number of sulfonamides is 1. The fraction of sp³-hybridized carbons (Fsp3) is 0.444. The molecule has 1 N–H and O–H groups in total. The summed E-state index contributed by atoms with van der Waals surface area (Å²) in [4.78, 5) is 18.0. The van der Waals surface area contributed by atoms with Gasteiger partial charge < -0.3 is 9.47 Å². The van der Waals surface area contributed by atoms with Gasteiger partial charge in [-0.2, -0.15) is 4.31 Å². The molecule has 0 radical (unpaired) electrons. The SMILES string of the molecule is COc1ccc(C(=O)Nc2nc3c(s2)CN(S(=O)(=O)C(C)C)CC3)c(OC)c1. The zero-order chi connectivity index (χ0) is 20.5. The molecule has 0 atom stereocenters. The van der Waals surface area contributed by atoms with E-state index >= 15 is 0 Å². The van der Waals surface area contributed by atoms with Crippen molar-refractivity contribution in [1.82, 2.24) is 9.29 Å². The fourth-order valence-electron chi connectivity index (χ4n) is 2.89. The highest BCUT2D eigenvalue weighted by molar-refractivity contribution is 7.89. The van der Waals surface area contributed by atoms with Crippen LogP contribution < -0.4 is 14.8 Å². The van der Waals surface area contributed by atoms with Crippen LogP contribution in [-0.4, -0.2) is 49.6 Å². The molecule has 0 fully saturated rings. The monoisotopic (exact) mass is 425 g/mol. The number of anilines is 1. The largest absolute Gasteiger partial charge is 0.497 e. The van der Waals surface area contributed by atoms with Crippen molar-refractivity contribution in [2.45, 2.75) is 32.1 Å². The first-order valence-corrected chi connectivity index (χ1v) is 11.1. The van der Waals surface area contributed by atoms with Crippen molar-refractivity contribution in [3.8, 4) is 11.5 Å². The van der Waals surface area contributed by atoms with Crippen molar-refractivity contribution < 1.29 is 22.7 Å². The number of aromatic nitrogens is 1. The molecule has 28 heavy (non-hydrogen) atoms. The van der Waals surface area contributed by atoms with Gasteiger partial charge in [0.1, 0.15) is 11.5 Å². The number of ether oxygens (including phenoxy) is 2. The minimum absolute atomic E-state index is 0.287. The predicted octanol–water partition coefficient (Wildman–Crippen LogP) is 2.51. The third kappa shape index (κ3) is 3.98. The van der Waals surface area contributed by atoms with Gasteiger partial charge in [-0.1, -0.05) is 0 Å². The van der Waals surface area contributed by atoms with Crippen molar-refractivity contribution in [3.63, 3.8) is 0 Å². The van der Waals surface area contributed by atoms with Gasteiger partial charge in [0.05, 0.1) is 30.7 Å². The second kappa shape index (κ2) is 8.06. The number of fused-ring (bicyclic) bond motifs is 1. The fourth-order valence-corrected chi connectivity index (χ4v) is 5.24. The second-order valence-corrected chi connectivity index (χ2v) is 10.2. The lowest BCUT2D eigenvalue weighted by atomic mass is 10.2. The number of amides is 1. The Morgan fingerprint density at radius 1 is 1.29 bits per heavy atom. The first kappa shape index (κ1) is 20.6. The topological polar surface area (TPSA) is 97.8 Å². The van der Waals surface area contributed by atoms with Crippen LogP contribution in [0.2, 0.25) is 0 Å². The average Bonchev–Trinajstić information content (AvgIpc) is 3.08. The van der Waals surface area contributed by atoms with E-state index in [1.54, 1.807) is 32.0 Å². The third-order valence-corrected chi connectivity index (χ3v) is 7.75. The number of hydrogen-bond acceptors (Lipinski definition) is 7. The Hall–Kier alpha value is -2.17. The average molecular weight is 426 g/mol. The Morgan fingerprint density at radius 3 is 2.68 bits per heavy atom. The number of rotatable bonds is 6. The van der Waals surface area contributed by atoms with Crippen LogP contribution in [0.15, 0.2) is 18.2 Å². The summed E-state index contributed by atoms with van der Waals surface area (Å²) in [5.74, 6) is 0.634. The van der Waals surface area contributed by atoms with E-state index in [0.29, 0.717) is 35.2 Å². The highest BCUT2D eigenvalue weighted by Crippen LogP contribution is 2.31. The summed E-state index contributed by atoms with van der Waals surface area (Å²) < 4.78 is 36.7. The maximum absolute atomic E-state index is 12.6. The Morgan fingerprint density at radius 2 is 2.04 bits per heavy atom. The molecule has 0 unspecified atom stereocenters. The van der Waals surface area contributed by atoms with E-state index in [2.05, 4.69) is 10.3 Å². The molecule has 1 aliphatic rings. The smallest absolute Gasteiger partial charge is 0.261 e.